The normalized spacial score (nSPS) is 12.8. The van der Waals surface area contributed by atoms with Crippen molar-refractivity contribution in [2.75, 3.05) is 86.8 Å². The summed E-state index contributed by atoms with van der Waals surface area (Å²) in [7, 11) is 3.15. The molecule has 0 atom stereocenters. The molecule has 4 rings (SSSR count). The molecule has 0 spiro atoms. The first-order chi connectivity index (χ1) is 20.0. The Morgan fingerprint density at radius 1 is 1.05 bits per heavy atom. The fourth-order valence-electron chi connectivity index (χ4n) is 4.30. The SMILES string of the molecule is CCCN(CCNC)c1nc(-c2ccc(NC(=O)Nc3ccccc3)cc2)nc(N2CCOCC2)c1SC.COO. The molecule has 1 fully saturated rings. The molecule has 12 heteroatoms. The van der Waals surface area contributed by atoms with Crippen molar-refractivity contribution in [2.24, 2.45) is 0 Å². The van der Waals surface area contributed by atoms with E-state index in [0.29, 0.717) is 24.7 Å². The second-order valence-electron chi connectivity index (χ2n) is 9.12. The van der Waals surface area contributed by atoms with Gasteiger partial charge < -0.3 is 30.5 Å². The molecule has 4 N–H and O–H groups in total. The van der Waals surface area contributed by atoms with Gasteiger partial charge >= 0.3 is 6.03 Å². The van der Waals surface area contributed by atoms with Crippen molar-refractivity contribution < 1.29 is 19.7 Å². The van der Waals surface area contributed by atoms with Gasteiger partial charge in [0.2, 0.25) is 0 Å². The van der Waals surface area contributed by atoms with E-state index in [0.717, 1.165) is 66.9 Å². The van der Waals surface area contributed by atoms with E-state index in [9.17, 15) is 4.79 Å². The van der Waals surface area contributed by atoms with Crippen molar-refractivity contribution in [2.45, 2.75) is 18.2 Å². The van der Waals surface area contributed by atoms with Gasteiger partial charge in [-0.25, -0.2) is 19.7 Å². The molecular weight excluding hydrogens is 542 g/mol. The zero-order chi connectivity index (χ0) is 29.5. The molecule has 222 valence electrons. The van der Waals surface area contributed by atoms with Crippen molar-refractivity contribution in [3.63, 3.8) is 0 Å². The summed E-state index contributed by atoms with van der Waals surface area (Å²) in [6.07, 6.45) is 3.12. The molecule has 0 bridgehead atoms. The van der Waals surface area contributed by atoms with E-state index >= 15 is 0 Å². The number of amides is 2. The van der Waals surface area contributed by atoms with Crippen LogP contribution in [0.25, 0.3) is 11.4 Å². The van der Waals surface area contributed by atoms with Crippen LogP contribution in [0.15, 0.2) is 59.5 Å². The predicted molar refractivity (Wildman–Crippen MR) is 167 cm³/mol. The highest BCUT2D eigenvalue weighted by atomic mass is 32.2. The second kappa shape index (κ2) is 17.4. The minimum absolute atomic E-state index is 0.291. The lowest BCUT2D eigenvalue weighted by molar-refractivity contribution is -0.214. The largest absolute Gasteiger partial charge is 0.378 e. The van der Waals surface area contributed by atoms with E-state index in [2.05, 4.69) is 43.8 Å². The molecule has 1 aliphatic heterocycles. The molecule has 0 aliphatic carbocycles. The summed E-state index contributed by atoms with van der Waals surface area (Å²) in [5, 5.41) is 16.1. The monoisotopic (exact) mass is 583 g/mol. The van der Waals surface area contributed by atoms with E-state index in [1.165, 1.54) is 7.11 Å². The number of hydrogen-bond acceptors (Lipinski definition) is 10. The number of morpholine rings is 1. The van der Waals surface area contributed by atoms with Gasteiger partial charge in [-0.1, -0.05) is 25.1 Å². The van der Waals surface area contributed by atoms with E-state index in [1.54, 1.807) is 11.8 Å². The number of hydrogen-bond donors (Lipinski definition) is 4. The van der Waals surface area contributed by atoms with Gasteiger partial charge in [-0.05, 0) is 56.1 Å². The van der Waals surface area contributed by atoms with Crippen LogP contribution in [-0.4, -0.2) is 87.6 Å². The molecule has 1 aliphatic rings. The smallest absolute Gasteiger partial charge is 0.323 e. The van der Waals surface area contributed by atoms with Gasteiger partial charge in [0.15, 0.2) is 5.82 Å². The number of carbonyl (C=O) groups excluding carboxylic acids is 1. The maximum atomic E-state index is 12.4. The van der Waals surface area contributed by atoms with Crippen LogP contribution in [0.5, 0.6) is 0 Å². The van der Waals surface area contributed by atoms with Crippen LogP contribution >= 0.6 is 11.8 Å². The number of anilines is 4. The molecule has 11 nitrogen and oxygen atoms in total. The number of thioether (sulfide) groups is 1. The Balaban J connectivity index is 0.00000147. The third kappa shape index (κ3) is 9.58. The van der Waals surface area contributed by atoms with Gasteiger partial charge in [0, 0.05) is 49.7 Å². The summed E-state index contributed by atoms with van der Waals surface area (Å²) in [5.41, 5.74) is 2.33. The second-order valence-corrected chi connectivity index (χ2v) is 9.94. The van der Waals surface area contributed by atoms with Crippen LogP contribution in [0.4, 0.5) is 27.8 Å². The topological polar surface area (TPSA) is 124 Å². The van der Waals surface area contributed by atoms with E-state index in [1.807, 2.05) is 61.6 Å². The molecule has 2 aromatic carbocycles. The average molecular weight is 584 g/mol. The number of nitrogens with zero attached hydrogens (tertiary/aromatic N) is 4. The van der Waals surface area contributed by atoms with Gasteiger partial charge in [-0.2, -0.15) is 0 Å². The summed E-state index contributed by atoms with van der Waals surface area (Å²) in [6, 6.07) is 16.7. The van der Waals surface area contributed by atoms with Crippen LogP contribution in [-0.2, 0) is 9.62 Å². The fraction of sp³-hybridized carbons (Fsp3) is 0.414. The van der Waals surface area contributed by atoms with Gasteiger partial charge in [-0.3, -0.25) is 5.26 Å². The Labute approximate surface area is 246 Å². The quantitative estimate of drug-likeness (QED) is 0.141. The minimum Gasteiger partial charge on any atom is -0.378 e. The van der Waals surface area contributed by atoms with Crippen LogP contribution in [0.2, 0.25) is 0 Å². The highest BCUT2D eigenvalue weighted by Gasteiger charge is 2.24. The molecule has 2 heterocycles. The highest BCUT2D eigenvalue weighted by Crippen LogP contribution is 2.37. The van der Waals surface area contributed by atoms with Crippen molar-refractivity contribution in [3.8, 4) is 11.4 Å². The van der Waals surface area contributed by atoms with Gasteiger partial charge in [0.05, 0.1) is 25.2 Å². The Morgan fingerprint density at radius 2 is 1.68 bits per heavy atom. The molecule has 41 heavy (non-hydrogen) atoms. The molecule has 2 amide bonds. The molecule has 1 aromatic heterocycles. The lowest BCUT2D eigenvalue weighted by Crippen LogP contribution is -2.38. The van der Waals surface area contributed by atoms with Crippen molar-refractivity contribution in [1.82, 2.24) is 15.3 Å². The number of benzene rings is 2. The van der Waals surface area contributed by atoms with Crippen molar-refractivity contribution in [1.29, 1.82) is 0 Å². The summed E-state index contributed by atoms with van der Waals surface area (Å²) in [5.74, 6) is 2.59. The average Bonchev–Trinajstić information content (AvgIpc) is 3.00. The van der Waals surface area contributed by atoms with E-state index in [4.69, 9.17) is 20.0 Å². The van der Waals surface area contributed by atoms with Crippen LogP contribution in [0, 0.1) is 0 Å². The summed E-state index contributed by atoms with van der Waals surface area (Å²) in [6.45, 7) is 7.80. The molecular formula is C29H41N7O4S. The third-order valence-corrected chi connectivity index (χ3v) is 6.98. The fourth-order valence-corrected chi connectivity index (χ4v) is 5.02. The molecule has 1 saturated heterocycles. The number of urea groups is 1. The zero-order valence-corrected chi connectivity index (χ0v) is 25.0. The summed E-state index contributed by atoms with van der Waals surface area (Å²) < 4.78 is 5.61. The number of likely N-dealkylation sites (N-methyl/N-ethyl adjacent to an activating group) is 1. The lowest BCUT2D eigenvalue weighted by atomic mass is 10.2. The standard InChI is InChI=1S/C28H37N7O2S.CH4O2/c1-4-15-34(16-14-29-2)26-24(38-3)27(35-17-19-37-20-18-35)33-25(32-26)21-10-12-23(13-11-21)31-28(36)30-22-8-6-5-7-9-22;1-3-2/h5-13,29H,4,14-20H2,1-3H3,(H2,30,31,36);2H,1H3. The number of para-hydroxylation sites is 1. The number of nitrogens with one attached hydrogen (secondary N) is 3. The van der Waals surface area contributed by atoms with Gasteiger partial charge in [0.25, 0.3) is 0 Å². The summed E-state index contributed by atoms with van der Waals surface area (Å²) in [4.78, 5) is 31.6. The van der Waals surface area contributed by atoms with E-state index in [-0.39, 0.29) is 6.03 Å². The van der Waals surface area contributed by atoms with E-state index < -0.39 is 0 Å². The maximum absolute atomic E-state index is 12.4. The Bertz CT molecular complexity index is 1200. The Hall–Kier alpha value is -3.42. The predicted octanol–water partition coefficient (Wildman–Crippen LogP) is 4.89. The van der Waals surface area contributed by atoms with Crippen LogP contribution in [0.3, 0.4) is 0 Å². The molecule has 3 aromatic rings. The summed E-state index contributed by atoms with van der Waals surface area (Å²) >= 11 is 1.69. The molecule has 0 radical (unpaired) electrons. The Kier molecular flexibility index (Phi) is 13.6. The van der Waals surface area contributed by atoms with Crippen LogP contribution < -0.4 is 25.8 Å². The highest BCUT2D eigenvalue weighted by molar-refractivity contribution is 7.99. The van der Waals surface area contributed by atoms with Crippen molar-refractivity contribution in [3.05, 3.63) is 54.6 Å². The first-order valence-electron chi connectivity index (χ1n) is 13.6. The maximum Gasteiger partial charge on any atom is 0.323 e. The Morgan fingerprint density at radius 3 is 2.27 bits per heavy atom. The first-order valence-corrected chi connectivity index (χ1v) is 14.9. The minimum atomic E-state index is -0.291. The molecule has 0 unspecified atom stereocenters. The number of rotatable bonds is 11. The molecule has 0 saturated carbocycles. The van der Waals surface area contributed by atoms with Crippen molar-refractivity contribution >= 4 is 40.8 Å². The number of aromatic nitrogens is 2. The van der Waals surface area contributed by atoms with Gasteiger partial charge in [-0.15, -0.1) is 11.8 Å². The van der Waals surface area contributed by atoms with Crippen LogP contribution in [0.1, 0.15) is 13.3 Å². The number of ether oxygens (including phenoxy) is 1. The number of carbonyl (C=O) groups is 1. The zero-order valence-electron chi connectivity index (χ0n) is 24.2. The lowest BCUT2D eigenvalue weighted by Gasteiger charge is -2.32. The first kappa shape index (κ1) is 32.1. The third-order valence-electron chi connectivity index (χ3n) is 6.20. The van der Waals surface area contributed by atoms with Gasteiger partial charge in [0.1, 0.15) is 11.6 Å².